The molecule has 4 nitrogen and oxygen atoms in total. The first kappa shape index (κ1) is 12.0. The number of piperidine rings is 3. The molecule has 0 radical (unpaired) electrons. The number of aliphatic hydroxyl groups is 1. The van der Waals surface area contributed by atoms with Crippen LogP contribution in [0.2, 0.25) is 0 Å². The van der Waals surface area contributed by atoms with Crippen molar-refractivity contribution in [2.75, 3.05) is 33.4 Å². The van der Waals surface area contributed by atoms with Gasteiger partial charge in [-0.2, -0.15) is 0 Å². The van der Waals surface area contributed by atoms with Crippen LogP contribution in [0.15, 0.2) is 0 Å². The molecule has 0 spiro atoms. The van der Waals surface area contributed by atoms with Gasteiger partial charge in [0.1, 0.15) is 5.54 Å². The van der Waals surface area contributed by atoms with E-state index in [9.17, 15) is 9.90 Å². The Kier molecular flexibility index (Phi) is 2.85. The van der Waals surface area contributed by atoms with Crippen LogP contribution in [0.3, 0.4) is 0 Å². The van der Waals surface area contributed by atoms with Gasteiger partial charge in [-0.3, -0.25) is 9.69 Å². The molecular weight excluding hydrogens is 206 g/mol. The maximum Gasteiger partial charge on any atom is 0.164 e. The summed E-state index contributed by atoms with van der Waals surface area (Å²) < 4.78 is 5.16. The van der Waals surface area contributed by atoms with Crippen LogP contribution in [-0.4, -0.2) is 54.7 Å². The fraction of sp³-hybridized carbons (Fsp3) is 0.917. The minimum atomic E-state index is -0.783. The zero-order valence-electron chi connectivity index (χ0n) is 10.3. The van der Waals surface area contributed by atoms with Crippen LogP contribution < -0.4 is 0 Å². The van der Waals surface area contributed by atoms with E-state index in [4.69, 9.17) is 4.74 Å². The number of aliphatic hydroxyl groups excluding tert-OH is 1. The van der Waals surface area contributed by atoms with E-state index in [1.807, 2.05) is 6.92 Å². The van der Waals surface area contributed by atoms with Crippen LogP contribution in [-0.2, 0) is 9.53 Å². The number of ketones is 1. The first-order valence-electron chi connectivity index (χ1n) is 5.91. The Morgan fingerprint density at radius 1 is 1.62 bits per heavy atom. The number of fused-ring (bicyclic) bond motifs is 3. The van der Waals surface area contributed by atoms with Crippen LogP contribution in [0.4, 0.5) is 0 Å². The Hall–Kier alpha value is -0.450. The standard InChI is InChI=1S/C12H21NO3/c1-9-6-13-5-4-11(9,2)10(15)12(13,7-14)8-16-3/h9,14H,4-8H2,1-3H3/t9-,11+,12-/m1/s1. The van der Waals surface area contributed by atoms with Gasteiger partial charge < -0.3 is 9.84 Å². The second-order valence-corrected chi connectivity index (χ2v) is 5.47. The maximum atomic E-state index is 12.6. The Morgan fingerprint density at radius 2 is 2.31 bits per heavy atom. The molecule has 0 amide bonds. The predicted octanol–water partition coefficient (Wildman–Crippen LogP) is 0.295. The zero-order valence-corrected chi connectivity index (χ0v) is 10.3. The summed E-state index contributed by atoms with van der Waals surface area (Å²) in [5, 5.41) is 9.62. The lowest BCUT2D eigenvalue weighted by molar-refractivity contribution is -0.177. The third-order valence-electron chi connectivity index (χ3n) is 4.67. The molecule has 3 saturated heterocycles. The number of rotatable bonds is 3. The van der Waals surface area contributed by atoms with Crippen molar-refractivity contribution in [2.45, 2.75) is 25.8 Å². The van der Waals surface area contributed by atoms with Gasteiger partial charge in [0.25, 0.3) is 0 Å². The summed E-state index contributed by atoms with van der Waals surface area (Å²) in [6, 6.07) is 0. The molecule has 1 N–H and O–H groups in total. The lowest BCUT2D eigenvalue weighted by atomic mass is 9.59. The largest absolute Gasteiger partial charge is 0.394 e. The fourth-order valence-electron chi connectivity index (χ4n) is 3.25. The van der Waals surface area contributed by atoms with Crippen LogP contribution in [0.1, 0.15) is 20.3 Å². The molecule has 16 heavy (non-hydrogen) atoms. The molecule has 1 unspecified atom stereocenters. The van der Waals surface area contributed by atoms with Crippen molar-refractivity contribution >= 4 is 5.78 Å². The molecule has 0 saturated carbocycles. The van der Waals surface area contributed by atoms with Gasteiger partial charge in [0.15, 0.2) is 5.78 Å². The van der Waals surface area contributed by atoms with Crippen molar-refractivity contribution in [1.82, 2.24) is 4.90 Å². The van der Waals surface area contributed by atoms with Gasteiger partial charge in [-0.1, -0.05) is 13.8 Å². The van der Waals surface area contributed by atoms with Crippen LogP contribution in [0, 0.1) is 11.3 Å². The molecule has 3 heterocycles. The molecule has 0 aromatic carbocycles. The SMILES string of the molecule is COC[C@]1(CO)C(=O)[C@@]2(C)CCN1C[C@H]2C. The summed E-state index contributed by atoms with van der Waals surface area (Å²) in [6.45, 7) is 6.09. The predicted molar refractivity (Wildman–Crippen MR) is 60.2 cm³/mol. The van der Waals surface area contributed by atoms with Crippen molar-refractivity contribution < 1.29 is 14.6 Å². The zero-order chi connectivity index (χ0) is 12.0. The number of carbonyl (C=O) groups is 1. The van der Waals surface area contributed by atoms with E-state index < -0.39 is 5.54 Å². The third kappa shape index (κ3) is 1.30. The highest BCUT2D eigenvalue weighted by Gasteiger charge is 2.60. The first-order chi connectivity index (χ1) is 7.51. The molecule has 4 heteroatoms. The van der Waals surface area contributed by atoms with E-state index in [-0.39, 0.29) is 17.8 Å². The normalized spacial score (nSPS) is 47.4. The average Bonchev–Trinajstić information content (AvgIpc) is 2.27. The number of methoxy groups -OCH3 is 1. The quantitative estimate of drug-likeness (QED) is 0.753. The summed E-state index contributed by atoms with van der Waals surface area (Å²) >= 11 is 0. The molecule has 3 aliphatic rings. The summed E-state index contributed by atoms with van der Waals surface area (Å²) in [4.78, 5) is 14.7. The highest BCUT2D eigenvalue weighted by Crippen LogP contribution is 2.48. The second-order valence-electron chi connectivity index (χ2n) is 5.47. The third-order valence-corrected chi connectivity index (χ3v) is 4.67. The van der Waals surface area contributed by atoms with Crippen molar-refractivity contribution in [3.63, 3.8) is 0 Å². The highest BCUT2D eigenvalue weighted by molar-refractivity contribution is 5.95. The number of hydrogen-bond donors (Lipinski definition) is 1. The molecule has 3 rings (SSSR count). The number of hydrogen-bond acceptors (Lipinski definition) is 4. The molecule has 4 atom stereocenters. The number of ether oxygens (including phenoxy) is 1. The first-order valence-corrected chi connectivity index (χ1v) is 5.91. The van der Waals surface area contributed by atoms with E-state index in [1.165, 1.54) is 0 Å². The smallest absolute Gasteiger partial charge is 0.164 e. The minimum Gasteiger partial charge on any atom is -0.394 e. The van der Waals surface area contributed by atoms with Gasteiger partial charge in [0, 0.05) is 25.6 Å². The number of carbonyl (C=O) groups excluding carboxylic acids is 1. The second kappa shape index (κ2) is 3.79. The van der Waals surface area contributed by atoms with Gasteiger partial charge in [0.2, 0.25) is 0 Å². The van der Waals surface area contributed by atoms with Crippen molar-refractivity contribution in [3.05, 3.63) is 0 Å². The molecule has 92 valence electrons. The van der Waals surface area contributed by atoms with Crippen molar-refractivity contribution in [1.29, 1.82) is 0 Å². The van der Waals surface area contributed by atoms with Crippen molar-refractivity contribution in [3.8, 4) is 0 Å². The Labute approximate surface area is 96.6 Å². The van der Waals surface area contributed by atoms with E-state index >= 15 is 0 Å². The molecular formula is C12H21NO3. The van der Waals surface area contributed by atoms with Crippen LogP contribution in [0.25, 0.3) is 0 Å². The van der Waals surface area contributed by atoms with Crippen molar-refractivity contribution in [2.24, 2.45) is 11.3 Å². The molecule has 0 aliphatic carbocycles. The number of Topliss-reactive ketones (excluding diaryl/α,β-unsaturated/α-hetero) is 1. The molecule has 0 aromatic heterocycles. The summed E-state index contributed by atoms with van der Waals surface area (Å²) in [7, 11) is 1.58. The minimum absolute atomic E-state index is 0.137. The summed E-state index contributed by atoms with van der Waals surface area (Å²) in [5.74, 6) is 0.527. The molecule has 3 aliphatic heterocycles. The fourth-order valence-corrected chi connectivity index (χ4v) is 3.25. The lowest BCUT2D eigenvalue weighted by Crippen LogP contribution is -2.74. The molecule has 2 bridgehead atoms. The van der Waals surface area contributed by atoms with Gasteiger partial charge in [-0.25, -0.2) is 0 Å². The topological polar surface area (TPSA) is 49.8 Å². The van der Waals surface area contributed by atoms with Gasteiger partial charge >= 0.3 is 0 Å². The highest BCUT2D eigenvalue weighted by atomic mass is 16.5. The average molecular weight is 227 g/mol. The number of nitrogens with zero attached hydrogens (tertiary/aromatic N) is 1. The van der Waals surface area contributed by atoms with Crippen LogP contribution in [0.5, 0.6) is 0 Å². The molecule has 0 aromatic rings. The van der Waals surface area contributed by atoms with E-state index in [0.29, 0.717) is 12.5 Å². The summed E-state index contributed by atoms with van der Waals surface area (Å²) in [6.07, 6.45) is 0.901. The Bertz CT molecular complexity index is 307. The van der Waals surface area contributed by atoms with Gasteiger partial charge in [0.05, 0.1) is 13.2 Å². The van der Waals surface area contributed by atoms with E-state index in [2.05, 4.69) is 11.8 Å². The van der Waals surface area contributed by atoms with Gasteiger partial charge in [-0.05, 0) is 12.3 Å². The molecule has 3 fully saturated rings. The Balaban J connectivity index is 2.39. The van der Waals surface area contributed by atoms with Gasteiger partial charge in [-0.15, -0.1) is 0 Å². The summed E-state index contributed by atoms with van der Waals surface area (Å²) in [5.41, 5.74) is -1.07. The van der Waals surface area contributed by atoms with Crippen LogP contribution >= 0.6 is 0 Å². The van der Waals surface area contributed by atoms with E-state index in [0.717, 1.165) is 19.5 Å². The Morgan fingerprint density at radius 3 is 2.81 bits per heavy atom. The maximum absolute atomic E-state index is 12.6. The monoisotopic (exact) mass is 227 g/mol. The van der Waals surface area contributed by atoms with E-state index in [1.54, 1.807) is 7.11 Å². The lowest BCUT2D eigenvalue weighted by Gasteiger charge is -2.59.